The van der Waals surface area contributed by atoms with Gasteiger partial charge in [-0.15, -0.1) is 0 Å². The molecule has 10 heteroatoms. The van der Waals surface area contributed by atoms with Gasteiger partial charge in [-0.2, -0.15) is 0 Å². The molecule has 30 heavy (non-hydrogen) atoms. The molecule has 164 valence electrons. The van der Waals surface area contributed by atoms with Gasteiger partial charge in [-0.3, -0.25) is 0 Å². The van der Waals surface area contributed by atoms with Crippen LogP contribution in [0.4, 0.5) is 5.95 Å². The molecule has 0 fully saturated rings. The number of phenols is 1. The number of methoxy groups -OCH3 is 2. The number of hydrogen-bond acceptors (Lipinski definition) is 8. The first-order valence-electron chi connectivity index (χ1n) is 9.43. The number of rotatable bonds is 9. The van der Waals surface area contributed by atoms with E-state index in [0.29, 0.717) is 5.71 Å². The van der Waals surface area contributed by atoms with E-state index in [-0.39, 0.29) is 40.8 Å². The molecule has 0 aliphatic heterocycles. The van der Waals surface area contributed by atoms with Crippen LogP contribution >= 0.6 is 7.60 Å². The van der Waals surface area contributed by atoms with Crippen LogP contribution in [-0.4, -0.2) is 45.6 Å². The SMILES string of the molecule is COc1cc(OP(=O)(O)C(C(=Nc2ncccn2)C(C)C)C(C)C)cc(OC)c1O. The maximum Gasteiger partial charge on any atom is 0.385 e. The van der Waals surface area contributed by atoms with E-state index < -0.39 is 13.3 Å². The highest BCUT2D eigenvalue weighted by atomic mass is 31.2. The van der Waals surface area contributed by atoms with Crippen molar-refractivity contribution < 1.29 is 28.6 Å². The molecule has 0 aliphatic carbocycles. The molecule has 0 bridgehead atoms. The fraction of sp³-hybridized carbons (Fsp3) is 0.450. The third kappa shape index (κ3) is 5.49. The molecule has 2 atom stereocenters. The monoisotopic (exact) mass is 437 g/mol. The lowest BCUT2D eigenvalue weighted by atomic mass is 9.97. The standard InChI is InChI=1S/C20H28N3O6P/c1-12(2)17(23-20-21-8-7-9-22-20)19(13(3)4)30(25,26)29-14-10-15(27-5)18(24)16(11-14)28-6/h7-13,19,24H,1-6H3,(H,25,26). The maximum absolute atomic E-state index is 13.4. The van der Waals surface area contributed by atoms with Gasteiger partial charge < -0.3 is 24.0 Å². The van der Waals surface area contributed by atoms with Gasteiger partial charge in [0.05, 0.1) is 14.2 Å². The Kier molecular flexibility index (Phi) is 7.81. The van der Waals surface area contributed by atoms with Gasteiger partial charge in [0.1, 0.15) is 11.4 Å². The third-order valence-electron chi connectivity index (χ3n) is 4.35. The van der Waals surface area contributed by atoms with Crippen LogP contribution in [-0.2, 0) is 4.57 Å². The quantitative estimate of drug-likeness (QED) is 0.442. The van der Waals surface area contributed by atoms with E-state index in [4.69, 9.17) is 14.0 Å². The molecule has 0 saturated heterocycles. The second-order valence-electron chi connectivity index (χ2n) is 7.26. The summed E-state index contributed by atoms with van der Waals surface area (Å²) in [6.45, 7) is 7.39. The van der Waals surface area contributed by atoms with Gasteiger partial charge in [0.25, 0.3) is 0 Å². The Morgan fingerprint density at radius 1 is 1.07 bits per heavy atom. The summed E-state index contributed by atoms with van der Waals surface area (Å²) in [7, 11) is -1.57. The zero-order chi connectivity index (χ0) is 22.5. The van der Waals surface area contributed by atoms with E-state index >= 15 is 0 Å². The molecule has 1 aromatic heterocycles. The summed E-state index contributed by atoms with van der Waals surface area (Å²) < 4.78 is 29.2. The smallest absolute Gasteiger partial charge is 0.385 e. The number of phenolic OH excluding ortho intramolecular Hbond substituents is 1. The van der Waals surface area contributed by atoms with Crippen molar-refractivity contribution >= 4 is 19.3 Å². The van der Waals surface area contributed by atoms with Crippen molar-refractivity contribution in [3.63, 3.8) is 0 Å². The summed E-state index contributed by atoms with van der Waals surface area (Å²) in [6, 6.07) is 4.31. The van der Waals surface area contributed by atoms with Crippen LogP contribution in [0.1, 0.15) is 27.7 Å². The molecule has 0 radical (unpaired) electrons. The van der Waals surface area contributed by atoms with E-state index in [1.54, 1.807) is 18.5 Å². The summed E-state index contributed by atoms with van der Waals surface area (Å²) in [6.07, 6.45) is 3.11. The highest BCUT2D eigenvalue weighted by Gasteiger charge is 2.41. The van der Waals surface area contributed by atoms with Crippen LogP contribution in [0, 0.1) is 11.8 Å². The van der Waals surface area contributed by atoms with Gasteiger partial charge in [0.2, 0.25) is 11.7 Å². The number of aliphatic imine (C=N–C) groups is 1. The fourth-order valence-electron chi connectivity index (χ4n) is 3.02. The lowest BCUT2D eigenvalue weighted by Gasteiger charge is -2.29. The van der Waals surface area contributed by atoms with Crippen molar-refractivity contribution in [1.29, 1.82) is 0 Å². The van der Waals surface area contributed by atoms with Gasteiger partial charge >= 0.3 is 7.60 Å². The second-order valence-corrected chi connectivity index (χ2v) is 9.13. The van der Waals surface area contributed by atoms with Crippen molar-refractivity contribution in [2.24, 2.45) is 16.8 Å². The Hall–Kier alpha value is -2.64. The van der Waals surface area contributed by atoms with Crippen molar-refractivity contribution in [2.75, 3.05) is 14.2 Å². The summed E-state index contributed by atoms with van der Waals surface area (Å²) in [4.78, 5) is 23.6. The van der Waals surface area contributed by atoms with Gasteiger partial charge in [0, 0.05) is 30.2 Å². The third-order valence-corrected chi connectivity index (χ3v) is 6.38. The van der Waals surface area contributed by atoms with Crippen molar-refractivity contribution in [2.45, 2.75) is 33.4 Å². The van der Waals surface area contributed by atoms with Gasteiger partial charge in [-0.1, -0.05) is 27.7 Å². The Balaban J connectivity index is 2.50. The van der Waals surface area contributed by atoms with Crippen LogP contribution in [0.25, 0.3) is 0 Å². The molecule has 2 N–H and O–H groups in total. The second kappa shape index (κ2) is 9.91. The van der Waals surface area contributed by atoms with E-state index in [0.717, 1.165) is 0 Å². The summed E-state index contributed by atoms with van der Waals surface area (Å²) in [5.41, 5.74) is -0.452. The Bertz CT molecular complexity index is 908. The lowest BCUT2D eigenvalue weighted by Crippen LogP contribution is -2.32. The average molecular weight is 437 g/mol. The molecular formula is C20H28N3O6P. The molecule has 0 spiro atoms. The maximum atomic E-state index is 13.4. The van der Waals surface area contributed by atoms with E-state index in [1.807, 2.05) is 27.7 Å². The van der Waals surface area contributed by atoms with Crippen LogP contribution in [0.2, 0.25) is 0 Å². The number of nitrogens with zero attached hydrogens (tertiary/aromatic N) is 3. The number of ether oxygens (including phenoxy) is 2. The predicted octanol–water partition coefficient (Wildman–Crippen LogP) is 4.22. The van der Waals surface area contributed by atoms with Crippen LogP contribution in [0.5, 0.6) is 23.0 Å². The molecule has 1 heterocycles. The Labute approximate surface area is 176 Å². The number of aromatic hydroxyl groups is 1. The predicted molar refractivity (Wildman–Crippen MR) is 114 cm³/mol. The zero-order valence-electron chi connectivity index (χ0n) is 17.9. The van der Waals surface area contributed by atoms with E-state index in [1.165, 1.54) is 26.4 Å². The topological polar surface area (TPSA) is 123 Å². The van der Waals surface area contributed by atoms with Gasteiger partial charge in [-0.05, 0) is 17.9 Å². The van der Waals surface area contributed by atoms with Crippen molar-refractivity contribution in [3.05, 3.63) is 30.6 Å². The molecule has 1 aromatic carbocycles. The zero-order valence-corrected chi connectivity index (χ0v) is 18.8. The number of aromatic nitrogens is 2. The Morgan fingerprint density at radius 2 is 1.60 bits per heavy atom. The molecule has 2 rings (SSSR count). The normalized spacial score (nSPS) is 15.0. The summed E-state index contributed by atoms with van der Waals surface area (Å²) in [5.74, 6) is -0.314. The first kappa shape index (κ1) is 23.6. The first-order valence-corrected chi connectivity index (χ1v) is 11.1. The number of benzene rings is 1. The van der Waals surface area contributed by atoms with E-state index in [9.17, 15) is 14.6 Å². The largest absolute Gasteiger partial charge is 0.502 e. The minimum atomic E-state index is -4.28. The minimum absolute atomic E-state index is 0.0250. The Morgan fingerprint density at radius 3 is 2.03 bits per heavy atom. The molecule has 0 saturated carbocycles. The average Bonchev–Trinajstić information content (AvgIpc) is 2.68. The highest BCUT2D eigenvalue weighted by Crippen LogP contribution is 2.53. The highest BCUT2D eigenvalue weighted by molar-refractivity contribution is 7.55. The van der Waals surface area contributed by atoms with Crippen molar-refractivity contribution in [3.8, 4) is 23.0 Å². The summed E-state index contributed by atoms with van der Waals surface area (Å²) in [5, 5.41) is 10.1. The molecular weight excluding hydrogens is 409 g/mol. The van der Waals surface area contributed by atoms with Gasteiger partial charge in [0.15, 0.2) is 11.5 Å². The van der Waals surface area contributed by atoms with Crippen LogP contribution in [0.3, 0.4) is 0 Å². The molecule has 0 aliphatic rings. The number of hydrogen-bond donors (Lipinski definition) is 2. The fourth-order valence-corrected chi connectivity index (χ4v) is 4.98. The molecule has 9 nitrogen and oxygen atoms in total. The first-order chi connectivity index (χ1) is 14.1. The van der Waals surface area contributed by atoms with Crippen LogP contribution in [0.15, 0.2) is 35.6 Å². The van der Waals surface area contributed by atoms with Gasteiger partial charge in [-0.25, -0.2) is 19.5 Å². The minimum Gasteiger partial charge on any atom is -0.502 e. The van der Waals surface area contributed by atoms with E-state index in [2.05, 4.69) is 15.0 Å². The van der Waals surface area contributed by atoms with Crippen LogP contribution < -0.4 is 14.0 Å². The summed E-state index contributed by atoms with van der Waals surface area (Å²) >= 11 is 0. The lowest BCUT2D eigenvalue weighted by molar-refractivity contribution is 0.331. The molecule has 2 aromatic rings. The molecule has 0 amide bonds. The van der Waals surface area contributed by atoms with Crippen molar-refractivity contribution in [1.82, 2.24) is 9.97 Å². The molecule has 2 unspecified atom stereocenters.